The van der Waals surface area contributed by atoms with Crippen LogP contribution in [-0.2, 0) is 16.1 Å². The molecule has 1 fully saturated rings. The summed E-state index contributed by atoms with van der Waals surface area (Å²) in [7, 11) is 0. The Labute approximate surface area is 98.9 Å². The lowest BCUT2D eigenvalue weighted by Crippen LogP contribution is -2.28. The molecule has 5 nitrogen and oxygen atoms in total. The zero-order valence-corrected chi connectivity index (χ0v) is 9.30. The summed E-state index contributed by atoms with van der Waals surface area (Å²) in [6, 6.07) is 7.42. The molecule has 1 heterocycles. The minimum absolute atomic E-state index is 0.104. The molecule has 2 amide bonds. The second-order valence-electron chi connectivity index (χ2n) is 3.90. The monoisotopic (exact) mass is 231 g/mol. The lowest BCUT2D eigenvalue weighted by atomic mass is 10.1. The van der Waals surface area contributed by atoms with Gasteiger partial charge in [0.2, 0.25) is 11.8 Å². The van der Waals surface area contributed by atoms with E-state index in [4.69, 9.17) is 5.84 Å². The Bertz CT molecular complexity index is 466. The molecule has 5 heteroatoms. The van der Waals surface area contributed by atoms with E-state index in [0.717, 1.165) is 11.1 Å². The molecule has 1 saturated heterocycles. The number of nitrogens with two attached hydrogens (primary N) is 1. The van der Waals surface area contributed by atoms with Crippen molar-refractivity contribution in [1.82, 2.24) is 4.90 Å². The molecular weight excluding hydrogens is 218 g/mol. The maximum absolute atomic E-state index is 11.5. The lowest BCUT2D eigenvalue weighted by Gasteiger charge is -2.13. The summed E-state index contributed by atoms with van der Waals surface area (Å²) >= 11 is 0. The molecule has 1 aromatic rings. The number of hydrogen-bond acceptors (Lipinski definition) is 4. The minimum atomic E-state index is -0.104. The molecule has 0 spiro atoms. The van der Waals surface area contributed by atoms with E-state index in [1.54, 1.807) is 0 Å². The van der Waals surface area contributed by atoms with E-state index in [1.165, 1.54) is 11.1 Å². The Morgan fingerprint density at radius 1 is 1.29 bits per heavy atom. The van der Waals surface area contributed by atoms with Gasteiger partial charge in [-0.05, 0) is 17.2 Å². The van der Waals surface area contributed by atoms with Crippen LogP contribution >= 0.6 is 0 Å². The van der Waals surface area contributed by atoms with Gasteiger partial charge in [0.1, 0.15) is 0 Å². The average molecular weight is 231 g/mol. The number of carbonyl (C=O) groups excluding carboxylic acids is 2. The summed E-state index contributed by atoms with van der Waals surface area (Å²) in [6.45, 7) is 0.323. The molecule has 1 aromatic carbocycles. The van der Waals surface area contributed by atoms with Gasteiger partial charge in [0.15, 0.2) is 0 Å². The zero-order valence-electron chi connectivity index (χ0n) is 9.30. The van der Waals surface area contributed by atoms with Crippen LogP contribution in [0.25, 0.3) is 0 Å². The Morgan fingerprint density at radius 3 is 2.65 bits per heavy atom. The molecule has 0 saturated carbocycles. The van der Waals surface area contributed by atoms with E-state index in [-0.39, 0.29) is 11.8 Å². The molecule has 1 aliphatic heterocycles. The van der Waals surface area contributed by atoms with Crippen LogP contribution in [0.5, 0.6) is 0 Å². The van der Waals surface area contributed by atoms with E-state index >= 15 is 0 Å². The van der Waals surface area contributed by atoms with Gasteiger partial charge in [0.05, 0.1) is 12.8 Å². The van der Waals surface area contributed by atoms with Crippen molar-refractivity contribution < 1.29 is 9.59 Å². The number of rotatable bonds is 3. The van der Waals surface area contributed by atoms with Gasteiger partial charge in [-0.1, -0.05) is 18.2 Å². The number of imide groups is 1. The summed E-state index contributed by atoms with van der Waals surface area (Å²) in [5.41, 5.74) is 1.75. The third kappa shape index (κ3) is 2.50. The predicted octanol–water partition coefficient (Wildman–Crippen LogP) is 0.628. The van der Waals surface area contributed by atoms with Crippen molar-refractivity contribution in [1.29, 1.82) is 0 Å². The summed E-state index contributed by atoms with van der Waals surface area (Å²) in [4.78, 5) is 24.2. The molecule has 0 radical (unpaired) electrons. The fourth-order valence-electron chi connectivity index (χ4n) is 1.84. The van der Waals surface area contributed by atoms with Crippen LogP contribution in [0.2, 0.25) is 0 Å². The van der Waals surface area contributed by atoms with Crippen molar-refractivity contribution in [2.24, 2.45) is 10.9 Å². The fraction of sp³-hybridized carbons (Fsp3) is 0.250. The molecular formula is C12H13N3O2. The van der Waals surface area contributed by atoms with Crippen LogP contribution in [-0.4, -0.2) is 22.9 Å². The summed E-state index contributed by atoms with van der Waals surface area (Å²) in [5.74, 6) is 4.86. The van der Waals surface area contributed by atoms with Crippen LogP contribution in [0.4, 0.5) is 0 Å². The quantitative estimate of drug-likeness (QED) is 0.359. The molecule has 2 rings (SSSR count). The zero-order chi connectivity index (χ0) is 12.3. The van der Waals surface area contributed by atoms with Gasteiger partial charge in [-0.2, -0.15) is 5.10 Å². The number of carbonyl (C=O) groups is 2. The van der Waals surface area contributed by atoms with Crippen molar-refractivity contribution in [3.05, 3.63) is 35.4 Å². The van der Waals surface area contributed by atoms with Gasteiger partial charge in [-0.3, -0.25) is 14.5 Å². The predicted molar refractivity (Wildman–Crippen MR) is 63.0 cm³/mol. The van der Waals surface area contributed by atoms with Crippen LogP contribution in [0.1, 0.15) is 24.0 Å². The van der Waals surface area contributed by atoms with Gasteiger partial charge in [-0.25, -0.2) is 0 Å². The first-order chi connectivity index (χ1) is 8.20. The van der Waals surface area contributed by atoms with Crippen molar-refractivity contribution in [3.8, 4) is 0 Å². The number of nitrogens with zero attached hydrogens (tertiary/aromatic N) is 2. The SMILES string of the molecule is NN=Cc1cccc(CN2C(=O)CCC2=O)c1. The molecule has 88 valence electrons. The van der Waals surface area contributed by atoms with Gasteiger partial charge in [-0.15, -0.1) is 0 Å². The first-order valence-electron chi connectivity index (χ1n) is 5.36. The largest absolute Gasteiger partial charge is 0.323 e. The van der Waals surface area contributed by atoms with Crippen LogP contribution in [0, 0.1) is 0 Å². The number of likely N-dealkylation sites (tertiary alicyclic amines) is 1. The van der Waals surface area contributed by atoms with Gasteiger partial charge in [0, 0.05) is 12.8 Å². The normalized spacial score (nSPS) is 16.1. The van der Waals surface area contributed by atoms with Crippen molar-refractivity contribution in [2.75, 3.05) is 0 Å². The van der Waals surface area contributed by atoms with Crippen LogP contribution < -0.4 is 5.84 Å². The first-order valence-corrected chi connectivity index (χ1v) is 5.36. The standard InChI is InChI=1S/C12H13N3O2/c13-14-7-9-2-1-3-10(6-9)8-15-11(16)4-5-12(15)17/h1-3,6-7H,4-5,8,13H2. The molecule has 1 aliphatic rings. The lowest BCUT2D eigenvalue weighted by molar-refractivity contribution is -0.139. The number of hydrogen-bond donors (Lipinski definition) is 1. The summed E-state index contributed by atoms with van der Waals surface area (Å²) in [5, 5.41) is 3.44. The minimum Gasteiger partial charge on any atom is -0.323 e. The Kier molecular flexibility index (Phi) is 3.18. The second-order valence-corrected chi connectivity index (χ2v) is 3.90. The summed E-state index contributed by atoms with van der Waals surface area (Å²) < 4.78 is 0. The second kappa shape index (κ2) is 4.78. The van der Waals surface area contributed by atoms with Crippen molar-refractivity contribution in [3.63, 3.8) is 0 Å². The third-order valence-electron chi connectivity index (χ3n) is 2.67. The Balaban J connectivity index is 2.15. The highest BCUT2D eigenvalue weighted by Crippen LogP contribution is 2.16. The molecule has 0 atom stereocenters. The molecule has 0 aromatic heterocycles. The molecule has 2 N–H and O–H groups in total. The topological polar surface area (TPSA) is 75.8 Å². The highest BCUT2D eigenvalue weighted by molar-refractivity contribution is 6.01. The molecule has 0 bridgehead atoms. The number of hydrazone groups is 1. The van der Waals surface area contributed by atoms with E-state index < -0.39 is 0 Å². The maximum atomic E-state index is 11.5. The highest BCUT2D eigenvalue weighted by Gasteiger charge is 2.28. The van der Waals surface area contributed by atoms with Crippen molar-refractivity contribution in [2.45, 2.75) is 19.4 Å². The molecule has 0 aliphatic carbocycles. The fourth-order valence-corrected chi connectivity index (χ4v) is 1.84. The first kappa shape index (κ1) is 11.3. The van der Waals surface area contributed by atoms with E-state index in [9.17, 15) is 9.59 Å². The number of benzene rings is 1. The Morgan fingerprint density at radius 2 is 2.00 bits per heavy atom. The highest BCUT2D eigenvalue weighted by atomic mass is 16.2. The van der Waals surface area contributed by atoms with Gasteiger partial charge >= 0.3 is 0 Å². The third-order valence-corrected chi connectivity index (χ3v) is 2.67. The average Bonchev–Trinajstić information content (AvgIpc) is 2.62. The van der Waals surface area contributed by atoms with E-state index in [2.05, 4.69) is 5.10 Å². The summed E-state index contributed by atoms with van der Waals surface area (Å²) in [6.07, 6.45) is 2.17. The van der Waals surface area contributed by atoms with Crippen LogP contribution in [0.15, 0.2) is 29.4 Å². The van der Waals surface area contributed by atoms with Crippen LogP contribution in [0.3, 0.4) is 0 Å². The molecule has 17 heavy (non-hydrogen) atoms. The molecule has 0 unspecified atom stereocenters. The Hall–Kier alpha value is -2.17. The van der Waals surface area contributed by atoms with Gasteiger partial charge in [0.25, 0.3) is 0 Å². The maximum Gasteiger partial charge on any atom is 0.229 e. The van der Waals surface area contributed by atoms with E-state index in [1.807, 2.05) is 24.3 Å². The number of amides is 2. The smallest absolute Gasteiger partial charge is 0.229 e. The van der Waals surface area contributed by atoms with Crippen molar-refractivity contribution >= 4 is 18.0 Å². The van der Waals surface area contributed by atoms with E-state index in [0.29, 0.717) is 19.4 Å². The van der Waals surface area contributed by atoms with Gasteiger partial charge < -0.3 is 5.84 Å².